The maximum atomic E-state index is 12.9. The molecule has 1 aromatic carbocycles. The Kier molecular flexibility index (Phi) is 10.8. The second kappa shape index (κ2) is 13.3. The molecule has 0 saturated heterocycles. The Morgan fingerprint density at radius 2 is 1.75 bits per heavy atom. The molecule has 32 heavy (non-hydrogen) atoms. The largest absolute Gasteiger partial charge is 0.508 e. The molecule has 0 spiro atoms. The zero-order valence-corrected chi connectivity index (χ0v) is 17.6. The van der Waals surface area contributed by atoms with E-state index in [1.807, 2.05) is 0 Å². The van der Waals surface area contributed by atoms with Crippen LogP contribution in [-0.4, -0.2) is 72.7 Å². The predicted molar refractivity (Wildman–Crippen MR) is 116 cm³/mol. The van der Waals surface area contributed by atoms with Crippen LogP contribution in [0, 0.1) is 0 Å². The zero-order chi connectivity index (χ0) is 24.1. The first kappa shape index (κ1) is 26.0. The van der Waals surface area contributed by atoms with Gasteiger partial charge in [-0.15, -0.1) is 0 Å². The molecule has 0 aromatic heterocycles. The highest BCUT2D eigenvalue weighted by Gasteiger charge is 2.27. The Morgan fingerprint density at radius 1 is 1.09 bits per heavy atom. The molecule has 0 radical (unpaired) electrons. The number of carbonyl (C=O) groups is 4. The van der Waals surface area contributed by atoms with Crippen molar-refractivity contribution in [2.24, 2.45) is 16.5 Å². The van der Waals surface area contributed by atoms with Crippen molar-refractivity contribution in [3.63, 3.8) is 0 Å². The average Bonchev–Trinajstić information content (AvgIpc) is 2.75. The third kappa shape index (κ3) is 9.65. The van der Waals surface area contributed by atoms with Crippen LogP contribution in [0.25, 0.3) is 0 Å². The fourth-order valence-electron chi connectivity index (χ4n) is 2.63. The lowest BCUT2D eigenvalue weighted by Crippen LogP contribution is -2.47. The van der Waals surface area contributed by atoms with Gasteiger partial charge in [-0.25, -0.2) is 9.59 Å². The summed E-state index contributed by atoms with van der Waals surface area (Å²) in [7, 11) is 1.40. The van der Waals surface area contributed by atoms with Crippen LogP contribution in [0.2, 0.25) is 0 Å². The van der Waals surface area contributed by atoms with E-state index in [1.54, 1.807) is 0 Å². The first-order valence-electron chi connectivity index (χ1n) is 9.73. The van der Waals surface area contributed by atoms with E-state index < -0.39 is 35.8 Å². The number of phenols is 1. The predicted octanol–water partition coefficient (Wildman–Crippen LogP) is -1.86. The molecule has 13 nitrogen and oxygen atoms in total. The number of guanidine groups is 1. The molecule has 0 fully saturated rings. The van der Waals surface area contributed by atoms with Gasteiger partial charge in [0.25, 0.3) is 0 Å². The van der Waals surface area contributed by atoms with Crippen molar-refractivity contribution in [3.05, 3.63) is 29.8 Å². The smallest absolute Gasteiger partial charge is 0.326 e. The number of aromatic hydroxyl groups is 1. The lowest BCUT2D eigenvalue weighted by atomic mass is 9.97. The van der Waals surface area contributed by atoms with Crippen LogP contribution in [0.5, 0.6) is 5.75 Å². The lowest BCUT2D eigenvalue weighted by molar-refractivity contribution is -0.142. The van der Waals surface area contributed by atoms with Gasteiger partial charge in [0.15, 0.2) is 5.96 Å². The van der Waals surface area contributed by atoms with Crippen molar-refractivity contribution in [1.82, 2.24) is 21.3 Å². The molecular weight excluding hydrogens is 422 g/mol. The van der Waals surface area contributed by atoms with Gasteiger partial charge in [0.2, 0.25) is 11.8 Å². The van der Waals surface area contributed by atoms with Crippen molar-refractivity contribution in [2.75, 3.05) is 26.7 Å². The number of phenolic OH excluding ortho intramolecular Hbond substituents is 1. The van der Waals surface area contributed by atoms with Crippen molar-refractivity contribution in [3.8, 4) is 5.75 Å². The number of amides is 4. The third-order valence-corrected chi connectivity index (χ3v) is 4.31. The monoisotopic (exact) mass is 451 g/mol. The number of aliphatic carboxylic acids is 1. The molecule has 1 rings (SSSR count). The summed E-state index contributed by atoms with van der Waals surface area (Å²) in [5.41, 5.74) is 10.9. The highest BCUT2D eigenvalue weighted by Crippen LogP contribution is 2.19. The highest BCUT2D eigenvalue weighted by molar-refractivity contribution is 5.89. The minimum atomic E-state index is -1.23. The van der Waals surface area contributed by atoms with Gasteiger partial charge in [-0.2, -0.15) is 0 Å². The summed E-state index contributed by atoms with van der Waals surface area (Å²) in [5, 5.41) is 28.5. The van der Waals surface area contributed by atoms with Crippen LogP contribution in [0.15, 0.2) is 29.3 Å². The maximum Gasteiger partial charge on any atom is 0.326 e. The summed E-state index contributed by atoms with van der Waals surface area (Å²) in [6.45, 7) is -0.269. The Bertz CT molecular complexity index is 824. The van der Waals surface area contributed by atoms with Gasteiger partial charge in [-0.1, -0.05) is 12.1 Å². The number of carboxylic acids is 1. The van der Waals surface area contributed by atoms with Crippen molar-refractivity contribution >= 4 is 29.8 Å². The third-order valence-electron chi connectivity index (χ3n) is 4.31. The summed E-state index contributed by atoms with van der Waals surface area (Å²) in [5.74, 6) is -3.49. The van der Waals surface area contributed by atoms with Crippen LogP contribution in [0.4, 0.5) is 4.79 Å². The number of hydrogen-bond donors (Lipinski definition) is 8. The van der Waals surface area contributed by atoms with Crippen molar-refractivity contribution < 1.29 is 29.4 Å². The van der Waals surface area contributed by atoms with E-state index >= 15 is 0 Å². The molecule has 0 aliphatic heterocycles. The Morgan fingerprint density at radius 3 is 2.31 bits per heavy atom. The minimum absolute atomic E-state index is 0.0186. The number of nitrogens with one attached hydrogen (secondary N) is 4. The van der Waals surface area contributed by atoms with Crippen molar-refractivity contribution in [2.45, 2.75) is 24.8 Å². The van der Waals surface area contributed by atoms with Crippen LogP contribution < -0.4 is 32.7 Å². The number of carbonyl (C=O) groups excluding carboxylic acids is 3. The zero-order valence-electron chi connectivity index (χ0n) is 17.6. The molecule has 1 aromatic rings. The summed E-state index contributed by atoms with van der Waals surface area (Å²) >= 11 is 0. The molecular formula is C19H29N7O6. The number of nitrogens with two attached hydrogens (primary N) is 2. The molecule has 10 N–H and O–H groups in total. The number of rotatable bonds is 12. The second-order valence-corrected chi connectivity index (χ2v) is 6.73. The van der Waals surface area contributed by atoms with E-state index in [4.69, 9.17) is 11.5 Å². The van der Waals surface area contributed by atoms with E-state index in [0.29, 0.717) is 12.0 Å². The molecule has 0 aliphatic rings. The molecule has 0 bridgehead atoms. The summed E-state index contributed by atoms with van der Waals surface area (Å²) < 4.78 is 0. The molecule has 0 saturated carbocycles. The van der Waals surface area contributed by atoms with E-state index in [1.165, 1.54) is 31.3 Å². The Balaban J connectivity index is 2.85. The summed E-state index contributed by atoms with van der Waals surface area (Å²) in [6.07, 6.45) is 0.406. The Hall–Kier alpha value is -4.03. The number of carboxylic acid groups (broad SMARTS) is 1. The lowest BCUT2D eigenvalue weighted by Gasteiger charge is -2.21. The quantitative estimate of drug-likeness (QED) is 0.102. The molecule has 0 heterocycles. The average molecular weight is 451 g/mol. The number of benzene rings is 1. The first-order valence-corrected chi connectivity index (χ1v) is 9.73. The van der Waals surface area contributed by atoms with Gasteiger partial charge in [0.05, 0.1) is 12.5 Å². The van der Waals surface area contributed by atoms with Crippen LogP contribution in [0.3, 0.4) is 0 Å². The van der Waals surface area contributed by atoms with E-state index in [0.717, 1.165) is 0 Å². The number of nitrogens with zero attached hydrogens (tertiary/aromatic N) is 1. The standard InChI is InChI=1S/C19H29N7O6/c1-22-19(32)25-10-15(28)24-9-13(11-4-6-12(27)7-5-11)16(29)26-14(17(30)31)3-2-8-23-18(20)21/h4-7,13-14,27H,2-3,8-10H2,1H3,(H,24,28)(H,26,29)(H,30,31)(H4,20,21,23)(H2,22,25,32). The van der Waals surface area contributed by atoms with Crippen LogP contribution >= 0.6 is 0 Å². The number of aliphatic imine (C=N–C) groups is 1. The van der Waals surface area contributed by atoms with Gasteiger partial charge in [0.1, 0.15) is 11.8 Å². The SMILES string of the molecule is CNC(=O)NCC(=O)NCC(C(=O)NC(CCCN=C(N)N)C(=O)O)c1ccc(O)cc1. The highest BCUT2D eigenvalue weighted by atomic mass is 16.4. The summed E-state index contributed by atoms with van der Waals surface area (Å²) in [6, 6.07) is 3.98. The molecule has 2 unspecified atom stereocenters. The first-order chi connectivity index (χ1) is 15.1. The topological polar surface area (TPSA) is 221 Å². The van der Waals surface area contributed by atoms with Gasteiger partial charge >= 0.3 is 12.0 Å². The van der Waals surface area contributed by atoms with E-state index in [2.05, 4.69) is 26.3 Å². The normalized spacial score (nSPS) is 12.0. The number of hydrogen-bond acceptors (Lipinski definition) is 6. The van der Waals surface area contributed by atoms with Crippen LogP contribution in [0.1, 0.15) is 24.3 Å². The fourth-order valence-corrected chi connectivity index (χ4v) is 2.63. The van der Waals surface area contributed by atoms with Gasteiger partial charge in [-0.3, -0.25) is 14.6 Å². The molecule has 4 amide bonds. The number of urea groups is 1. The fraction of sp³-hybridized carbons (Fsp3) is 0.421. The molecule has 13 heteroatoms. The molecule has 2 atom stereocenters. The maximum absolute atomic E-state index is 12.9. The molecule has 176 valence electrons. The van der Waals surface area contributed by atoms with Crippen LogP contribution in [-0.2, 0) is 14.4 Å². The van der Waals surface area contributed by atoms with Gasteiger partial charge < -0.3 is 42.9 Å². The van der Waals surface area contributed by atoms with E-state index in [-0.39, 0.29) is 37.8 Å². The van der Waals surface area contributed by atoms with Crippen molar-refractivity contribution in [1.29, 1.82) is 0 Å². The van der Waals surface area contributed by atoms with E-state index in [9.17, 15) is 29.4 Å². The van der Waals surface area contributed by atoms with Gasteiger partial charge in [0, 0.05) is 20.1 Å². The summed E-state index contributed by atoms with van der Waals surface area (Å²) in [4.78, 5) is 51.4. The molecule has 0 aliphatic carbocycles. The van der Waals surface area contributed by atoms with Gasteiger partial charge in [-0.05, 0) is 30.5 Å². The second-order valence-electron chi connectivity index (χ2n) is 6.73. The minimum Gasteiger partial charge on any atom is -0.508 e. The Labute approximate surface area is 184 Å².